The predicted molar refractivity (Wildman–Crippen MR) is 161 cm³/mol. The fourth-order valence-electron chi connectivity index (χ4n) is 7.49. The number of carbonyl (C=O) groups is 4. The first-order valence-corrected chi connectivity index (χ1v) is 15.6. The van der Waals surface area contributed by atoms with E-state index in [0.717, 1.165) is 17.7 Å². The van der Waals surface area contributed by atoms with E-state index in [4.69, 9.17) is 24.7 Å². The van der Waals surface area contributed by atoms with Crippen LogP contribution in [0.25, 0.3) is 0 Å². The van der Waals surface area contributed by atoms with Gasteiger partial charge in [-0.25, -0.2) is 9.59 Å². The minimum atomic E-state index is -1.31. The number of carbonyl (C=O) groups excluding carboxylic acids is 4. The fraction of sp³-hybridized carbons (Fsp3) is 0.625. The highest BCUT2D eigenvalue weighted by Crippen LogP contribution is 2.65. The van der Waals surface area contributed by atoms with E-state index >= 15 is 0 Å². The second-order valence-corrected chi connectivity index (χ2v) is 12.6. The topological polar surface area (TPSA) is 179 Å². The number of hydrogen-bond donors (Lipinski definition) is 4. The summed E-state index contributed by atoms with van der Waals surface area (Å²) in [7, 11) is 3.57. The Morgan fingerprint density at radius 1 is 1.18 bits per heavy atom. The van der Waals surface area contributed by atoms with E-state index in [1.165, 1.54) is 20.8 Å². The third kappa shape index (κ3) is 5.55. The van der Waals surface area contributed by atoms with Crippen LogP contribution in [-0.4, -0.2) is 96.9 Å². The highest BCUT2D eigenvalue weighted by Gasteiger charge is 2.72. The van der Waals surface area contributed by atoms with E-state index in [9.17, 15) is 24.3 Å². The molecule has 2 aliphatic carbocycles. The largest absolute Gasteiger partial charge is 0.493 e. The molecular weight excluding hydrogens is 584 g/mol. The number of unbranched alkanes of at least 4 members (excludes halogenated alkanes) is 1. The van der Waals surface area contributed by atoms with Crippen LogP contribution in [0.4, 0.5) is 0 Å². The molecule has 2 amide bonds. The van der Waals surface area contributed by atoms with Crippen molar-refractivity contribution < 1.29 is 43.2 Å². The lowest BCUT2D eigenvalue weighted by Crippen LogP contribution is -2.74. The molecule has 0 aromatic heterocycles. The minimum absolute atomic E-state index is 0.153. The van der Waals surface area contributed by atoms with Crippen molar-refractivity contribution in [2.75, 3.05) is 27.2 Å². The van der Waals surface area contributed by atoms with Gasteiger partial charge in [0, 0.05) is 24.9 Å². The third-order valence-electron chi connectivity index (χ3n) is 9.75. The molecule has 2 aliphatic heterocycles. The first-order chi connectivity index (χ1) is 21.4. The van der Waals surface area contributed by atoms with Crippen LogP contribution in [0.2, 0.25) is 0 Å². The van der Waals surface area contributed by atoms with Gasteiger partial charge in [0.25, 0.3) is 0 Å². The van der Waals surface area contributed by atoms with Crippen LogP contribution in [0.1, 0.15) is 64.0 Å². The van der Waals surface area contributed by atoms with E-state index < -0.39 is 53.2 Å². The van der Waals surface area contributed by atoms with E-state index in [-0.39, 0.29) is 24.1 Å². The number of likely N-dealkylation sites (tertiary alicyclic amines) is 1. The zero-order valence-electron chi connectivity index (χ0n) is 26.5. The Bertz CT molecular complexity index is 1400. The SMILES string of the molecule is COc1ccc2c3c1O[C@@H]1C(OC(=O)[C@H](C)OC(=O)[C@H](C)NC(=O)[C@H](CCCCN)NC(C)=O)=CC[C@]4(O)[C@H](C2)N(C)CC[C@@]314. The molecule has 246 valence electrons. The quantitative estimate of drug-likeness (QED) is 0.188. The maximum atomic E-state index is 13.3. The van der Waals surface area contributed by atoms with Gasteiger partial charge in [-0.3, -0.25) is 9.59 Å². The zero-order valence-corrected chi connectivity index (χ0v) is 26.5. The Morgan fingerprint density at radius 3 is 2.62 bits per heavy atom. The molecule has 4 aliphatic rings. The van der Waals surface area contributed by atoms with E-state index in [0.29, 0.717) is 50.1 Å². The summed E-state index contributed by atoms with van der Waals surface area (Å²) in [5, 5.41) is 17.5. The van der Waals surface area contributed by atoms with Gasteiger partial charge in [0.2, 0.25) is 11.8 Å². The smallest absolute Gasteiger partial charge is 0.352 e. The summed E-state index contributed by atoms with van der Waals surface area (Å²) in [6.07, 6.45) is 2.74. The lowest BCUT2D eigenvalue weighted by atomic mass is 9.50. The monoisotopic (exact) mass is 628 g/mol. The Hall–Kier alpha value is -3.68. The molecule has 0 unspecified atom stereocenters. The molecule has 13 nitrogen and oxygen atoms in total. The molecule has 0 saturated carbocycles. The standard InChI is InChI=1S/C32H44N4O9/c1-17(34-28(38)21(35-19(3)37)8-6-7-14-33)29(39)43-18(2)30(40)44-23-11-12-32(41)24-16-20-9-10-22(42-5)26-25(20)31(32,27(23)45-26)13-15-36(24)4/h9-11,17-18,21,24,27,41H,6-8,12-16,33H2,1-5H3,(H,34,38)(H,35,37)/t17-,18-,21-,24-,27+,31+,32-/m0/s1. The molecule has 1 saturated heterocycles. The van der Waals surface area contributed by atoms with Gasteiger partial charge < -0.3 is 45.3 Å². The highest BCUT2D eigenvalue weighted by atomic mass is 16.6. The number of rotatable bonds is 12. The summed E-state index contributed by atoms with van der Waals surface area (Å²) >= 11 is 0. The van der Waals surface area contributed by atoms with Crippen molar-refractivity contribution in [3.8, 4) is 11.5 Å². The van der Waals surface area contributed by atoms with Gasteiger partial charge in [-0.05, 0) is 83.8 Å². The molecule has 1 fully saturated rings. The second-order valence-electron chi connectivity index (χ2n) is 12.6. The Kier molecular flexibility index (Phi) is 9.16. The number of methoxy groups -OCH3 is 1. The molecule has 5 rings (SSSR count). The fourth-order valence-corrected chi connectivity index (χ4v) is 7.49. The number of piperidine rings is 1. The number of amides is 2. The van der Waals surface area contributed by atoms with E-state index in [2.05, 4.69) is 15.5 Å². The molecule has 5 N–H and O–H groups in total. The highest BCUT2D eigenvalue weighted by molar-refractivity contribution is 5.90. The predicted octanol–water partition coefficient (Wildman–Crippen LogP) is 0.586. The molecule has 0 radical (unpaired) electrons. The number of nitrogens with two attached hydrogens (primary N) is 1. The van der Waals surface area contributed by atoms with Crippen molar-refractivity contribution in [3.05, 3.63) is 35.1 Å². The number of ether oxygens (including phenoxy) is 4. The van der Waals surface area contributed by atoms with Gasteiger partial charge in [-0.15, -0.1) is 0 Å². The third-order valence-corrected chi connectivity index (χ3v) is 9.75. The van der Waals surface area contributed by atoms with E-state index in [1.807, 2.05) is 19.2 Å². The summed E-state index contributed by atoms with van der Waals surface area (Å²) in [5.41, 5.74) is 5.50. The lowest BCUT2D eigenvalue weighted by Gasteiger charge is -2.61. The summed E-state index contributed by atoms with van der Waals surface area (Å²) < 4.78 is 23.3. The summed E-state index contributed by atoms with van der Waals surface area (Å²) in [5.74, 6) is -1.24. The van der Waals surface area contributed by atoms with Gasteiger partial charge in [0.15, 0.2) is 23.7 Å². The first kappa shape index (κ1) is 32.7. The van der Waals surface area contributed by atoms with Crippen LogP contribution in [0.3, 0.4) is 0 Å². The number of nitrogens with zero attached hydrogens (tertiary/aromatic N) is 1. The summed E-state index contributed by atoms with van der Waals surface area (Å²) in [6.45, 7) is 5.30. The zero-order chi connectivity index (χ0) is 32.7. The molecule has 1 spiro atoms. The van der Waals surface area contributed by atoms with Crippen LogP contribution in [-0.2, 0) is 40.5 Å². The number of benzene rings is 1. The molecule has 7 atom stereocenters. The van der Waals surface area contributed by atoms with E-state index in [1.54, 1.807) is 13.2 Å². The van der Waals surface area contributed by atoms with Crippen molar-refractivity contribution in [2.24, 2.45) is 5.73 Å². The Balaban J connectivity index is 1.28. The minimum Gasteiger partial charge on any atom is -0.493 e. The maximum Gasteiger partial charge on any atom is 0.352 e. The molecule has 1 aromatic carbocycles. The van der Waals surface area contributed by atoms with Crippen molar-refractivity contribution >= 4 is 23.8 Å². The normalized spacial score (nSPS) is 27.9. The molecule has 45 heavy (non-hydrogen) atoms. The number of esters is 2. The molecular formula is C32H44N4O9. The molecule has 2 heterocycles. The average molecular weight is 629 g/mol. The second kappa shape index (κ2) is 12.6. The summed E-state index contributed by atoms with van der Waals surface area (Å²) in [6, 6.07) is 1.79. The van der Waals surface area contributed by atoms with Crippen LogP contribution in [0, 0.1) is 0 Å². The number of nitrogens with one attached hydrogen (secondary N) is 2. The average Bonchev–Trinajstić information content (AvgIpc) is 3.35. The van der Waals surface area contributed by atoms with Gasteiger partial charge >= 0.3 is 11.9 Å². The van der Waals surface area contributed by atoms with Gasteiger partial charge in [-0.1, -0.05) is 6.07 Å². The van der Waals surface area contributed by atoms with Crippen molar-refractivity contribution in [2.45, 2.75) is 101 Å². The number of likely N-dealkylation sites (N-methyl/N-ethyl adjacent to an activating group) is 1. The molecule has 1 aromatic rings. The Labute approximate surface area is 262 Å². The van der Waals surface area contributed by atoms with Crippen LogP contribution in [0.15, 0.2) is 24.0 Å². The lowest BCUT2D eigenvalue weighted by molar-refractivity contribution is -0.176. The van der Waals surface area contributed by atoms with Crippen molar-refractivity contribution in [1.29, 1.82) is 0 Å². The van der Waals surface area contributed by atoms with Crippen LogP contribution in [0.5, 0.6) is 11.5 Å². The van der Waals surface area contributed by atoms with Crippen molar-refractivity contribution in [3.63, 3.8) is 0 Å². The molecule has 13 heteroatoms. The summed E-state index contributed by atoms with van der Waals surface area (Å²) in [4.78, 5) is 52.7. The Morgan fingerprint density at radius 2 is 1.93 bits per heavy atom. The van der Waals surface area contributed by atoms with Gasteiger partial charge in [-0.2, -0.15) is 0 Å². The van der Waals surface area contributed by atoms with Gasteiger partial charge in [0.1, 0.15) is 17.8 Å². The first-order valence-electron chi connectivity index (χ1n) is 15.6. The van der Waals surface area contributed by atoms with Crippen LogP contribution < -0.4 is 25.8 Å². The van der Waals surface area contributed by atoms with Crippen LogP contribution >= 0.6 is 0 Å². The number of aliphatic hydroxyl groups is 1. The maximum absolute atomic E-state index is 13.3. The number of hydrogen-bond acceptors (Lipinski definition) is 11. The molecule has 2 bridgehead atoms. The van der Waals surface area contributed by atoms with Gasteiger partial charge in [0.05, 0.1) is 18.1 Å². The van der Waals surface area contributed by atoms with Crippen molar-refractivity contribution in [1.82, 2.24) is 15.5 Å².